The Morgan fingerprint density at radius 2 is 1.48 bits per heavy atom. The van der Waals surface area contributed by atoms with Gasteiger partial charge in [-0.2, -0.15) is 0 Å². The van der Waals surface area contributed by atoms with Crippen LogP contribution in [0.15, 0.2) is 42.6 Å². The molecule has 0 spiro atoms. The molecule has 0 saturated heterocycles. The molecular weight excluding hydrogens is 347 g/mol. The van der Waals surface area contributed by atoms with Gasteiger partial charge < -0.3 is 0 Å². The Labute approximate surface area is 167 Å². The molecule has 3 rings (SSSR count). The molecule has 0 N–H and O–H groups in total. The van der Waals surface area contributed by atoms with Gasteiger partial charge in [0.05, 0.1) is 16.8 Å². The molecule has 2 heterocycles. The van der Waals surface area contributed by atoms with Gasteiger partial charge in [0.2, 0.25) is 0 Å². The van der Waals surface area contributed by atoms with Crippen molar-refractivity contribution >= 4 is 7.92 Å². The molecule has 2 aromatic rings. The van der Waals surface area contributed by atoms with Gasteiger partial charge in [0, 0.05) is 18.1 Å². The van der Waals surface area contributed by atoms with Crippen LogP contribution in [0.1, 0.15) is 84.3 Å². The third-order valence-electron chi connectivity index (χ3n) is 5.85. The van der Waals surface area contributed by atoms with Crippen molar-refractivity contribution in [2.75, 3.05) is 0 Å². The van der Waals surface area contributed by atoms with Gasteiger partial charge >= 0.3 is 0 Å². The first-order valence-corrected chi connectivity index (χ1v) is 11.8. The zero-order valence-corrected chi connectivity index (χ0v) is 18.8. The van der Waals surface area contributed by atoms with Crippen LogP contribution in [0.4, 0.5) is 0 Å². The second-order valence-corrected chi connectivity index (χ2v) is 13.8. The quantitative estimate of drug-likeness (QED) is 0.537. The predicted molar refractivity (Wildman–Crippen MR) is 118 cm³/mol. The molecule has 146 valence electrons. The van der Waals surface area contributed by atoms with Crippen molar-refractivity contribution in [1.82, 2.24) is 9.97 Å². The summed E-state index contributed by atoms with van der Waals surface area (Å²) in [5, 5.41) is 0.634. The van der Waals surface area contributed by atoms with Crippen molar-refractivity contribution < 1.29 is 0 Å². The van der Waals surface area contributed by atoms with Crippen LogP contribution in [0.5, 0.6) is 0 Å². The summed E-state index contributed by atoms with van der Waals surface area (Å²) in [6.07, 6.45) is 7.87. The lowest BCUT2D eigenvalue weighted by molar-refractivity contribution is 0.501. The molecule has 0 amide bonds. The highest BCUT2D eigenvalue weighted by atomic mass is 31.1. The summed E-state index contributed by atoms with van der Waals surface area (Å²) in [6, 6.07) is 13.0. The van der Waals surface area contributed by atoms with E-state index in [0.29, 0.717) is 10.3 Å². The summed E-state index contributed by atoms with van der Waals surface area (Å²) in [4.78, 5) is 9.99. The van der Waals surface area contributed by atoms with Crippen molar-refractivity contribution in [2.45, 2.75) is 89.1 Å². The smallest absolute Gasteiger partial charge is 0.0548 e. The van der Waals surface area contributed by atoms with E-state index in [1.54, 1.807) is 0 Å². The van der Waals surface area contributed by atoms with Crippen molar-refractivity contribution in [3.63, 3.8) is 0 Å². The Bertz CT molecular complexity index is 736. The highest BCUT2D eigenvalue weighted by Crippen LogP contribution is 2.61. The summed E-state index contributed by atoms with van der Waals surface area (Å²) in [5.41, 5.74) is 3.68. The van der Waals surface area contributed by atoms with E-state index >= 15 is 0 Å². The molecule has 0 aliphatic heterocycles. The van der Waals surface area contributed by atoms with Gasteiger partial charge in [0.15, 0.2) is 0 Å². The van der Waals surface area contributed by atoms with E-state index in [2.05, 4.69) is 71.9 Å². The molecule has 1 fully saturated rings. The molecule has 2 nitrogen and oxygen atoms in total. The minimum Gasteiger partial charge on any atom is -0.260 e. The van der Waals surface area contributed by atoms with Crippen molar-refractivity contribution in [3.05, 3.63) is 59.7 Å². The third-order valence-corrected chi connectivity index (χ3v) is 9.73. The average molecular weight is 383 g/mol. The summed E-state index contributed by atoms with van der Waals surface area (Å²) in [6.45, 7) is 14.3. The van der Waals surface area contributed by atoms with Gasteiger partial charge in [-0.05, 0) is 47.4 Å². The number of nitrogens with zero attached hydrogens (tertiary/aromatic N) is 2. The maximum absolute atomic E-state index is 5.25. The maximum atomic E-state index is 5.25. The highest BCUT2D eigenvalue weighted by molar-refractivity contribution is 7.60. The first-order valence-electron chi connectivity index (χ1n) is 10.3. The van der Waals surface area contributed by atoms with E-state index in [0.717, 1.165) is 19.0 Å². The van der Waals surface area contributed by atoms with Gasteiger partial charge in [-0.25, -0.2) is 0 Å². The molecular formula is C24H35N2P. The Morgan fingerprint density at radius 3 is 2.04 bits per heavy atom. The van der Waals surface area contributed by atoms with Crippen LogP contribution < -0.4 is 0 Å². The zero-order chi connectivity index (χ0) is 19.7. The highest BCUT2D eigenvalue weighted by Gasteiger charge is 2.40. The van der Waals surface area contributed by atoms with Gasteiger partial charge in [-0.1, -0.05) is 74.4 Å². The Balaban J connectivity index is 1.97. The third kappa shape index (κ3) is 4.43. The lowest BCUT2D eigenvalue weighted by Gasteiger charge is -2.41. The minimum atomic E-state index is -0.193. The standard InChI is InChI=1S/C24H35N2P/c1-22(2,3)27(23(4,5)6)18-19-12-11-14-21(26-19)24(15-8-9-16-24)20-13-7-10-17-25-20/h7,10-14,17H,8-9,15-16,18H2,1-6H3. The van der Waals surface area contributed by atoms with Crippen LogP contribution in [0.2, 0.25) is 0 Å². The fraction of sp³-hybridized carbons (Fsp3) is 0.583. The SMILES string of the molecule is CC(C)(C)P(Cc1cccc(C2(c3ccccn3)CCCC2)n1)C(C)(C)C. The topological polar surface area (TPSA) is 25.8 Å². The lowest BCUT2D eigenvalue weighted by atomic mass is 9.78. The fourth-order valence-corrected chi connectivity index (χ4v) is 8.21. The van der Waals surface area contributed by atoms with E-state index in [4.69, 9.17) is 9.97 Å². The van der Waals surface area contributed by atoms with Gasteiger partial charge in [-0.3, -0.25) is 9.97 Å². The molecule has 2 aromatic heterocycles. The fourth-order valence-electron chi connectivity index (χ4n) is 4.74. The summed E-state index contributed by atoms with van der Waals surface area (Å²) in [5.74, 6) is 0. The number of hydrogen-bond donors (Lipinski definition) is 0. The van der Waals surface area contributed by atoms with Crippen molar-refractivity contribution in [2.24, 2.45) is 0 Å². The molecule has 27 heavy (non-hydrogen) atoms. The van der Waals surface area contributed by atoms with Crippen LogP contribution in [-0.4, -0.2) is 20.3 Å². The molecule has 0 unspecified atom stereocenters. The first-order chi connectivity index (χ1) is 12.6. The lowest BCUT2D eigenvalue weighted by Crippen LogP contribution is -2.28. The van der Waals surface area contributed by atoms with E-state index < -0.39 is 0 Å². The van der Waals surface area contributed by atoms with Crippen molar-refractivity contribution in [1.29, 1.82) is 0 Å². The number of aromatic nitrogens is 2. The van der Waals surface area contributed by atoms with Crippen LogP contribution in [-0.2, 0) is 11.6 Å². The normalized spacial score (nSPS) is 17.4. The second kappa shape index (κ2) is 7.63. The predicted octanol–water partition coefficient (Wildman–Crippen LogP) is 6.92. The van der Waals surface area contributed by atoms with Crippen molar-refractivity contribution in [3.8, 4) is 0 Å². The second-order valence-electron chi connectivity index (χ2n) is 9.95. The molecule has 0 atom stereocenters. The molecule has 1 aliphatic carbocycles. The van der Waals surface area contributed by atoms with Gasteiger partial charge in [0.25, 0.3) is 0 Å². The van der Waals surface area contributed by atoms with Gasteiger partial charge in [-0.15, -0.1) is 0 Å². The number of hydrogen-bond acceptors (Lipinski definition) is 2. The van der Waals surface area contributed by atoms with E-state index in [1.807, 2.05) is 12.3 Å². The van der Waals surface area contributed by atoms with Crippen LogP contribution in [0.25, 0.3) is 0 Å². The molecule has 0 aromatic carbocycles. The summed E-state index contributed by atoms with van der Waals surface area (Å²) >= 11 is 0. The van der Waals surface area contributed by atoms with E-state index in [9.17, 15) is 0 Å². The molecule has 0 bridgehead atoms. The van der Waals surface area contributed by atoms with Crippen LogP contribution >= 0.6 is 7.92 Å². The molecule has 0 radical (unpaired) electrons. The zero-order valence-electron chi connectivity index (χ0n) is 17.9. The monoisotopic (exact) mass is 382 g/mol. The Morgan fingerprint density at radius 1 is 0.852 bits per heavy atom. The number of pyridine rings is 2. The Hall–Kier alpha value is -1.27. The van der Waals surface area contributed by atoms with Gasteiger partial charge in [0.1, 0.15) is 0 Å². The largest absolute Gasteiger partial charge is 0.260 e. The van der Waals surface area contributed by atoms with Crippen LogP contribution in [0.3, 0.4) is 0 Å². The summed E-state index contributed by atoms with van der Waals surface area (Å²) in [7, 11) is -0.193. The molecule has 1 aliphatic rings. The van der Waals surface area contributed by atoms with Crippen LogP contribution in [0, 0.1) is 0 Å². The molecule has 3 heteroatoms. The maximum Gasteiger partial charge on any atom is 0.0548 e. The molecule has 1 saturated carbocycles. The minimum absolute atomic E-state index is 0.00346. The Kier molecular flexibility index (Phi) is 5.78. The number of rotatable bonds is 4. The first kappa shape index (κ1) is 20.5. The summed E-state index contributed by atoms with van der Waals surface area (Å²) < 4.78 is 0. The van der Waals surface area contributed by atoms with E-state index in [-0.39, 0.29) is 13.3 Å². The average Bonchev–Trinajstić information content (AvgIpc) is 3.10. The van der Waals surface area contributed by atoms with E-state index in [1.165, 1.54) is 29.9 Å².